The summed E-state index contributed by atoms with van der Waals surface area (Å²) in [4.78, 5) is 6.74. The average molecular weight is 265 g/mol. The molecule has 1 unspecified atom stereocenters. The Kier molecular flexibility index (Phi) is 4.49. The molecule has 2 N–H and O–H groups in total. The SMILES string of the molecule is CN(CC1CCCCO1)c1ccc(C(N)=S)nc1. The Morgan fingerprint density at radius 3 is 2.94 bits per heavy atom. The van der Waals surface area contributed by atoms with Crippen molar-refractivity contribution in [2.75, 3.05) is 25.1 Å². The number of hydrogen-bond donors (Lipinski definition) is 1. The van der Waals surface area contributed by atoms with E-state index in [9.17, 15) is 0 Å². The summed E-state index contributed by atoms with van der Waals surface area (Å²) in [5.41, 5.74) is 7.25. The standard InChI is InChI=1S/C13H19N3OS/c1-16(9-11-4-2-3-7-17-11)10-5-6-12(13(14)18)15-8-10/h5-6,8,11H,2-4,7,9H2,1H3,(H2,14,18). The van der Waals surface area contributed by atoms with Gasteiger partial charge in [0, 0.05) is 20.2 Å². The lowest BCUT2D eigenvalue weighted by atomic mass is 10.1. The third-order valence-electron chi connectivity index (χ3n) is 3.19. The first-order valence-electron chi connectivity index (χ1n) is 6.25. The van der Waals surface area contributed by atoms with E-state index in [0.29, 0.717) is 16.8 Å². The molecule has 4 nitrogen and oxygen atoms in total. The van der Waals surface area contributed by atoms with Crippen molar-refractivity contribution < 1.29 is 4.74 Å². The topological polar surface area (TPSA) is 51.4 Å². The first kappa shape index (κ1) is 13.2. The van der Waals surface area contributed by atoms with E-state index in [2.05, 4.69) is 16.9 Å². The molecule has 1 fully saturated rings. The zero-order valence-electron chi connectivity index (χ0n) is 10.6. The van der Waals surface area contributed by atoms with E-state index < -0.39 is 0 Å². The Bertz CT molecular complexity index is 401. The zero-order chi connectivity index (χ0) is 13.0. The summed E-state index contributed by atoms with van der Waals surface area (Å²) in [5, 5.41) is 0. The van der Waals surface area contributed by atoms with Crippen LogP contribution in [0.2, 0.25) is 0 Å². The molecule has 0 aromatic carbocycles. The highest BCUT2D eigenvalue weighted by atomic mass is 32.1. The van der Waals surface area contributed by atoms with Crippen LogP contribution in [0.3, 0.4) is 0 Å². The van der Waals surface area contributed by atoms with E-state index in [1.54, 1.807) is 6.20 Å². The highest BCUT2D eigenvalue weighted by molar-refractivity contribution is 7.80. The van der Waals surface area contributed by atoms with Crippen LogP contribution in [0.4, 0.5) is 5.69 Å². The molecule has 1 aliphatic heterocycles. The molecule has 0 bridgehead atoms. The maximum atomic E-state index is 5.73. The Morgan fingerprint density at radius 2 is 2.39 bits per heavy atom. The highest BCUT2D eigenvalue weighted by Gasteiger charge is 2.16. The molecule has 0 amide bonds. The van der Waals surface area contributed by atoms with Crippen LogP contribution < -0.4 is 10.6 Å². The fraction of sp³-hybridized carbons (Fsp3) is 0.538. The summed E-state index contributed by atoms with van der Waals surface area (Å²) in [6.07, 6.45) is 5.72. The van der Waals surface area contributed by atoms with Gasteiger partial charge >= 0.3 is 0 Å². The van der Waals surface area contributed by atoms with Crippen molar-refractivity contribution in [1.29, 1.82) is 0 Å². The van der Waals surface area contributed by atoms with Crippen LogP contribution in [-0.4, -0.2) is 36.3 Å². The fourth-order valence-electron chi connectivity index (χ4n) is 2.12. The Labute approximate surface area is 113 Å². The lowest BCUT2D eigenvalue weighted by Gasteiger charge is -2.28. The van der Waals surface area contributed by atoms with Gasteiger partial charge in [0.15, 0.2) is 0 Å². The molecule has 1 aromatic heterocycles. The monoisotopic (exact) mass is 265 g/mol. The van der Waals surface area contributed by atoms with Gasteiger partial charge in [0.25, 0.3) is 0 Å². The number of nitrogens with two attached hydrogens (primary N) is 1. The van der Waals surface area contributed by atoms with Gasteiger partial charge in [-0.3, -0.25) is 4.98 Å². The minimum atomic E-state index is 0.332. The van der Waals surface area contributed by atoms with E-state index in [0.717, 1.165) is 25.3 Å². The minimum Gasteiger partial charge on any atom is -0.388 e. The molecule has 1 saturated heterocycles. The van der Waals surface area contributed by atoms with Crippen LogP contribution in [0, 0.1) is 0 Å². The summed E-state index contributed by atoms with van der Waals surface area (Å²) in [7, 11) is 2.05. The first-order valence-corrected chi connectivity index (χ1v) is 6.66. The molecular formula is C13H19N3OS. The predicted molar refractivity (Wildman–Crippen MR) is 77.0 cm³/mol. The van der Waals surface area contributed by atoms with Gasteiger partial charge in [-0.1, -0.05) is 12.2 Å². The molecule has 5 heteroatoms. The number of rotatable bonds is 4. The average Bonchev–Trinajstić information content (AvgIpc) is 2.40. The van der Waals surface area contributed by atoms with Gasteiger partial charge in [0.05, 0.1) is 23.7 Å². The molecular weight excluding hydrogens is 246 g/mol. The van der Waals surface area contributed by atoms with Crippen molar-refractivity contribution in [2.24, 2.45) is 5.73 Å². The largest absolute Gasteiger partial charge is 0.388 e. The molecule has 18 heavy (non-hydrogen) atoms. The van der Waals surface area contributed by atoms with Crippen molar-refractivity contribution >= 4 is 22.9 Å². The maximum absolute atomic E-state index is 5.73. The number of ether oxygens (including phenoxy) is 1. The molecule has 1 aromatic rings. The molecule has 0 saturated carbocycles. The zero-order valence-corrected chi connectivity index (χ0v) is 11.4. The van der Waals surface area contributed by atoms with Crippen molar-refractivity contribution in [3.63, 3.8) is 0 Å². The number of hydrogen-bond acceptors (Lipinski definition) is 4. The minimum absolute atomic E-state index is 0.332. The van der Waals surface area contributed by atoms with E-state index in [1.165, 1.54) is 12.8 Å². The third kappa shape index (κ3) is 3.40. The molecule has 2 rings (SSSR count). The molecule has 0 aliphatic carbocycles. The predicted octanol–water partition coefficient (Wildman–Crippen LogP) is 1.72. The second kappa shape index (κ2) is 6.11. The van der Waals surface area contributed by atoms with Crippen LogP contribution >= 0.6 is 12.2 Å². The summed E-state index contributed by atoms with van der Waals surface area (Å²) < 4.78 is 5.73. The van der Waals surface area contributed by atoms with Crippen LogP contribution in [-0.2, 0) is 4.74 Å². The summed E-state index contributed by atoms with van der Waals surface area (Å²) in [6.45, 7) is 1.78. The smallest absolute Gasteiger partial charge is 0.122 e. The van der Waals surface area contributed by atoms with Gasteiger partial charge in [-0.05, 0) is 31.4 Å². The van der Waals surface area contributed by atoms with Crippen molar-refractivity contribution in [2.45, 2.75) is 25.4 Å². The quantitative estimate of drug-likeness (QED) is 0.840. The fourth-order valence-corrected chi connectivity index (χ4v) is 2.24. The van der Waals surface area contributed by atoms with E-state index in [1.807, 2.05) is 12.1 Å². The molecule has 0 spiro atoms. The number of likely N-dealkylation sites (N-methyl/N-ethyl adjacent to an activating group) is 1. The van der Waals surface area contributed by atoms with Crippen molar-refractivity contribution in [3.05, 3.63) is 24.0 Å². The normalized spacial score (nSPS) is 19.5. The Morgan fingerprint density at radius 1 is 1.56 bits per heavy atom. The molecule has 2 heterocycles. The molecule has 1 aliphatic rings. The second-order valence-electron chi connectivity index (χ2n) is 4.63. The van der Waals surface area contributed by atoms with Crippen molar-refractivity contribution in [3.8, 4) is 0 Å². The lowest BCUT2D eigenvalue weighted by Crippen LogP contribution is -2.33. The molecule has 98 valence electrons. The van der Waals surface area contributed by atoms with Gasteiger partial charge in [-0.15, -0.1) is 0 Å². The van der Waals surface area contributed by atoms with Crippen LogP contribution in [0.1, 0.15) is 25.0 Å². The van der Waals surface area contributed by atoms with Crippen LogP contribution in [0.5, 0.6) is 0 Å². The third-order valence-corrected chi connectivity index (χ3v) is 3.40. The van der Waals surface area contributed by atoms with Gasteiger partial charge in [-0.2, -0.15) is 0 Å². The number of aromatic nitrogens is 1. The number of thiocarbonyl (C=S) groups is 1. The molecule has 1 atom stereocenters. The van der Waals surface area contributed by atoms with Crippen LogP contribution in [0.15, 0.2) is 18.3 Å². The maximum Gasteiger partial charge on any atom is 0.122 e. The van der Waals surface area contributed by atoms with Gasteiger partial charge in [0.2, 0.25) is 0 Å². The number of anilines is 1. The van der Waals surface area contributed by atoms with E-state index in [-0.39, 0.29) is 0 Å². The van der Waals surface area contributed by atoms with E-state index in [4.69, 9.17) is 22.7 Å². The lowest BCUT2D eigenvalue weighted by molar-refractivity contribution is 0.0216. The molecule has 0 radical (unpaired) electrons. The van der Waals surface area contributed by atoms with Gasteiger partial charge < -0.3 is 15.4 Å². The van der Waals surface area contributed by atoms with Crippen molar-refractivity contribution in [1.82, 2.24) is 4.98 Å². The number of nitrogens with zero attached hydrogens (tertiary/aromatic N) is 2. The Hall–Kier alpha value is -1.20. The Balaban J connectivity index is 1.95. The van der Waals surface area contributed by atoms with Crippen LogP contribution in [0.25, 0.3) is 0 Å². The highest BCUT2D eigenvalue weighted by Crippen LogP contribution is 2.17. The van der Waals surface area contributed by atoms with Gasteiger partial charge in [-0.25, -0.2) is 0 Å². The summed E-state index contributed by atoms with van der Waals surface area (Å²) in [5.74, 6) is 0. The van der Waals surface area contributed by atoms with E-state index >= 15 is 0 Å². The summed E-state index contributed by atoms with van der Waals surface area (Å²) in [6, 6.07) is 3.85. The summed E-state index contributed by atoms with van der Waals surface area (Å²) >= 11 is 4.88. The number of pyridine rings is 1. The first-order chi connectivity index (χ1) is 8.66. The van der Waals surface area contributed by atoms with Gasteiger partial charge in [0.1, 0.15) is 4.99 Å². The second-order valence-corrected chi connectivity index (χ2v) is 5.07.